The predicted molar refractivity (Wildman–Crippen MR) is 100 cm³/mol. The summed E-state index contributed by atoms with van der Waals surface area (Å²) in [5, 5.41) is 3.34. The van der Waals surface area contributed by atoms with E-state index in [-0.39, 0.29) is 0 Å². The number of hydrogen-bond donors (Lipinski definition) is 2. The summed E-state index contributed by atoms with van der Waals surface area (Å²) in [7, 11) is 0. The smallest absolute Gasteiger partial charge is 0.193 e. The topological polar surface area (TPSA) is 59.6 Å². The third kappa shape index (κ3) is 4.29. The van der Waals surface area contributed by atoms with Crippen LogP contribution >= 0.6 is 0 Å². The van der Waals surface area contributed by atoms with Gasteiger partial charge in [0.25, 0.3) is 0 Å². The van der Waals surface area contributed by atoms with Gasteiger partial charge in [-0.15, -0.1) is 0 Å². The number of fused-ring (bicyclic) bond motifs is 1. The average molecular weight is 329 g/mol. The number of nitrogens with one attached hydrogen (secondary N) is 1. The number of benzene rings is 1. The van der Waals surface area contributed by atoms with Crippen LogP contribution in [0, 0.1) is 11.8 Å². The minimum Gasteiger partial charge on any atom is -0.378 e. The molecule has 4 heteroatoms. The van der Waals surface area contributed by atoms with E-state index < -0.39 is 0 Å². The second-order valence-corrected chi connectivity index (χ2v) is 7.54. The lowest BCUT2D eigenvalue weighted by atomic mass is 9.90. The normalized spacial score (nSPS) is 24.7. The molecule has 0 bridgehead atoms. The molecule has 3 N–H and O–H groups in total. The van der Waals surface area contributed by atoms with E-state index in [1.54, 1.807) is 0 Å². The number of aliphatic imine (C=N–C) groups is 1. The number of nitrogens with two attached hydrogens (primary N) is 1. The Labute approximate surface area is 145 Å². The monoisotopic (exact) mass is 329 g/mol. The van der Waals surface area contributed by atoms with Gasteiger partial charge < -0.3 is 15.8 Å². The molecule has 0 spiro atoms. The number of hydrogen-bond acceptors (Lipinski definition) is 2. The molecule has 1 fully saturated rings. The molecule has 24 heavy (non-hydrogen) atoms. The van der Waals surface area contributed by atoms with Crippen molar-refractivity contribution < 1.29 is 4.74 Å². The Morgan fingerprint density at radius 1 is 1.33 bits per heavy atom. The van der Waals surface area contributed by atoms with Crippen molar-refractivity contribution in [1.82, 2.24) is 0 Å². The summed E-state index contributed by atoms with van der Waals surface area (Å²) < 4.78 is 5.84. The molecule has 1 aromatic carbocycles. The average Bonchev–Trinajstić information content (AvgIpc) is 2.60. The van der Waals surface area contributed by atoms with Gasteiger partial charge in [-0.25, -0.2) is 0 Å². The Balaban J connectivity index is 1.59. The summed E-state index contributed by atoms with van der Waals surface area (Å²) in [6.07, 6.45) is 7.43. The molecule has 1 saturated heterocycles. The van der Waals surface area contributed by atoms with Crippen molar-refractivity contribution in [2.75, 3.05) is 18.5 Å². The molecule has 0 aromatic heterocycles. The summed E-state index contributed by atoms with van der Waals surface area (Å²) >= 11 is 0. The van der Waals surface area contributed by atoms with Gasteiger partial charge in [-0.2, -0.15) is 0 Å². The summed E-state index contributed by atoms with van der Waals surface area (Å²) in [6.45, 7) is 6.10. The van der Waals surface area contributed by atoms with Crippen LogP contribution < -0.4 is 11.1 Å². The second kappa shape index (κ2) is 8.02. The molecule has 132 valence electrons. The van der Waals surface area contributed by atoms with Crippen LogP contribution in [-0.4, -0.2) is 25.2 Å². The van der Waals surface area contributed by atoms with Gasteiger partial charge in [0, 0.05) is 18.8 Å². The zero-order valence-electron chi connectivity index (χ0n) is 15.1. The van der Waals surface area contributed by atoms with E-state index in [0.29, 0.717) is 23.9 Å². The van der Waals surface area contributed by atoms with E-state index in [1.165, 1.54) is 30.4 Å². The van der Waals surface area contributed by atoms with Crippen molar-refractivity contribution in [1.29, 1.82) is 0 Å². The summed E-state index contributed by atoms with van der Waals surface area (Å²) in [5.41, 5.74) is 10.2. The van der Waals surface area contributed by atoms with Crippen LogP contribution in [-0.2, 0) is 17.6 Å². The van der Waals surface area contributed by atoms with Gasteiger partial charge >= 0.3 is 0 Å². The van der Waals surface area contributed by atoms with Gasteiger partial charge in [0.05, 0.1) is 6.10 Å². The Kier molecular flexibility index (Phi) is 5.77. The van der Waals surface area contributed by atoms with Crippen molar-refractivity contribution in [3.8, 4) is 0 Å². The highest BCUT2D eigenvalue weighted by Crippen LogP contribution is 2.28. The van der Waals surface area contributed by atoms with Crippen molar-refractivity contribution in [2.45, 2.75) is 58.5 Å². The molecule has 1 aromatic rings. The second-order valence-electron chi connectivity index (χ2n) is 7.54. The first-order valence-electron chi connectivity index (χ1n) is 9.43. The number of ether oxygens (including phenoxy) is 1. The highest BCUT2D eigenvalue weighted by atomic mass is 16.5. The standard InChI is InChI=1S/C20H31N3O/c1-14(2)19-12-15(10-11-24-19)13-22-20(21)23-18-9-5-7-16-6-3-4-8-17(16)18/h5,7,9,14-15,19H,3-4,6,8,10-13H2,1-2H3,(H3,21,22,23). The van der Waals surface area contributed by atoms with Gasteiger partial charge in [0.1, 0.15) is 0 Å². The minimum absolute atomic E-state index is 0.370. The Hall–Kier alpha value is -1.55. The van der Waals surface area contributed by atoms with Crippen LogP contribution in [0.25, 0.3) is 0 Å². The fourth-order valence-electron chi connectivity index (χ4n) is 3.83. The quantitative estimate of drug-likeness (QED) is 0.653. The summed E-state index contributed by atoms with van der Waals surface area (Å²) in [6, 6.07) is 6.47. The van der Waals surface area contributed by atoms with E-state index in [4.69, 9.17) is 10.5 Å². The van der Waals surface area contributed by atoms with Crippen molar-refractivity contribution >= 4 is 11.6 Å². The van der Waals surface area contributed by atoms with Gasteiger partial charge in [-0.3, -0.25) is 4.99 Å². The third-order valence-electron chi connectivity index (χ3n) is 5.35. The van der Waals surface area contributed by atoms with E-state index >= 15 is 0 Å². The molecule has 3 rings (SSSR count). The molecule has 0 amide bonds. The van der Waals surface area contributed by atoms with Crippen LogP contribution in [0.1, 0.15) is 50.7 Å². The summed E-state index contributed by atoms with van der Waals surface area (Å²) in [4.78, 5) is 4.61. The molecule has 1 heterocycles. The Bertz CT molecular complexity index is 582. The van der Waals surface area contributed by atoms with E-state index in [2.05, 4.69) is 42.4 Å². The molecular weight excluding hydrogens is 298 g/mol. The van der Waals surface area contributed by atoms with Crippen molar-refractivity contribution in [3.05, 3.63) is 29.3 Å². The zero-order chi connectivity index (χ0) is 16.9. The SMILES string of the molecule is CC(C)C1CC(CN=C(N)Nc2cccc3c2CCCC3)CCO1. The third-order valence-corrected chi connectivity index (χ3v) is 5.35. The number of aryl methyl sites for hydroxylation is 1. The Morgan fingerprint density at radius 2 is 2.17 bits per heavy atom. The molecule has 2 atom stereocenters. The minimum atomic E-state index is 0.370. The zero-order valence-corrected chi connectivity index (χ0v) is 15.1. The molecule has 1 aliphatic heterocycles. The van der Waals surface area contributed by atoms with E-state index in [0.717, 1.165) is 38.1 Å². The first-order valence-corrected chi connectivity index (χ1v) is 9.43. The largest absolute Gasteiger partial charge is 0.378 e. The van der Waals surface area contributed by atoms with Gasteiger partial charge in [0.15, 0.2) is 5.96 Å². The number of anilines is 1. The van der Waals surface area contributed by atoms with Gasteiger partial charge in [-0.1, -0.05) is 26.0 Å². The lowest BCUT2D eigenvalue weighted by Crippen LogP contribution is -2.32. The van der Waals surface area contributed by atoms with Gasteiger partial charge in [-0.05, 0) is 67.6 Å². The lowest BCUT2D eigenvalue weighted by molar-refractivity contribution is -0.0320. The molecule has 1 aliphatic carbocycles. The molecule has 0 saturated carbocycles. The molecular formula is C20H31N3O. The van der Waals surface area contributed by atoms with Crippen LogP contribution in [0.3, 0.4) is 0 Å². The number of guanidine groups is 1. The van der Waals surface area contributed by atoms with Crippen molar-refractivity contribution in [3.63, 3.8) is 0 Å². The molecule has 0 radical (unpaired) electrons. The lowest BCUT2D eigenvalue weighted by Gasteiger charge is -2.31. The summed E-state index contributed by atoms with van der Waals surface area (Å²) in [5.74, 6) is 1.70. The first kappa shape index (κ1) is 17.3. The van der Waals surface area contributed by atoms with Crippen molar-refractivity contribution in [2.24, 2.45) is 22.6 Å². The predicted octanol–water partition coefficient (Wildman–Crippen LogP) is 3.74. The highest BCUT2D eigenvalue weighted by Gasteiger charge is 2.24. The van der Waals surface area contributed by atoms with Crippen LogP contribution in [0.2, 0.25) is 0 Å². The van der Waals surface area contributed by atoms with E-state index in [9.17, 15) is 0 Å². The van der Waals surface area contributed by atoms with Crippen LogP contribution in [0.5, 0.6) is 0 Å². The highest BCUT2D eigenvalue weighted by molar-refractivity contribution is 5.93. The number of nitrogens with zero attached hydrogens (tertiary/aromatic N) is 1. The van der Waals surface area contributed by atoms with Gasteiger partial charge in [0.2, 0.25) is 0 Å². The fourth-order valence-corrected chi connectivity index (χ4v) is 3.83. The van der Waals surface area contributed by atoms with E-state index in [1.807, 2.05) is 0 Å². The fraction of sp³-hybridized carbons (Fsp3) is 0.650. The molecule has 4 nitrogen and oxygen atoms in total. The Morgan fingerprint density at radius 3 is 3.00 bits per heavy atom. The first-order chi connectivity index (χ1) is 11.6. The number of rotatable bonds is 4. The maximum Gasteiger partial charge on any atom is 0.193 e. The van der Waals surface area contributed by atoms with Crippen LogP contribution in [0.4, 0.5) is 5.69 Å². The van der Waals surface area contributed by atoms with Crippen LogP contribution in [0.15, 0.2) is 23.2 Å². The molecule has 2 unspecified atom stereocenters. The maximum absolute atomic E-state index is 6.16. The molecule has 2 aliphatic rings. The maximum atomic E-state index is 6.16.